The lowest BCUT2D eigenvalue weighted by Crippen LogP contribution is -2.43. The minimum absolute atomic E-state index is 0.00171. The van der Waals surface area contributed by atoms with Crippen LogP contribution in [-0.4, -0.2) is 53.9 Å². The summed E-state index contributed by atoms with van der Waals surface area (Å²) < 4.78 is 18.4. The van der Waals surface area contributed by atoms with Crippen LogP contribution in [0.1, 0.15) is 47.3 Å². The van der Waals surface area contributed by atoms with E-state index in [-0.39, 0.29) is 31.3 Å². The fourth-order valence-electron chi connectivity index (χ4n) is 5.71. The normalized spacial score (nSPS) is 19.5. The molecule has 3 aromatic carbocycles. The van der Waals surface area contributed by atoms with Crippen LogP contribution in [0, 0.1) is 5.92 Å². The molecular weight excluding hydrogens is 578 g/mol. The van der Waals surface area contributed by atoms with Crippen LogP contribution in [-0.2, 0) is 33.8 Å². The Balaban J connectivity index is 1.33. The smallest absolute Gasteiger partial charge is 0.407 e. The van der Waals surface area contributed by atoms with E-state index in [0.717, 1.165) is 58.6 Å². The van der Waals surface area contributed by atoms with Crippen molar-refractivity contribution in [1.82, 2.24) is 15.2 Å². The first kappa shape index (κ1) is 33.0. The highest BCUT2D eigenvalue weighted by Gasteiger charge is 2.38. The summed E-state index contributed by atoms with van der Waals surface area (Å²) in [5.74, 6) is 0.0883. The molecule has 1 aliphatic heterocycles. The summed E-state index contributed by atoms with van der Waals surface area (Å²) in [6.07, 6.45) is 2.92. The summed E-state index contributed by atoms with van der Waals surface area (Å²) in [5.41, 5.74) is 6.94. The Morgan fingerprint density at radius 3 is 2.46 bits per heavy atom. The number of nitrogens with one attached hydrogen (secondary N) is 1. The molecule has 0 radical (unpaired) electrons. The number of hydrogen-bond donors (Lipinski definition) is 2. The van der Waals surface area contributed by atoms with Crippen LogP contribution in [0.3, 0.4) is 0 Å². The first-order valence-electron chi connectivity index (χ1n) is 15.7. The minimum atomic E-state index is -0.557. The van der Waals surface area contributed by atoms with Crippen LogP contribution in [0.5, 0.6) is 0 Å². The number of benzene rings is 3. The van der Waals surface area contributed by atoms with Gasteiger partial charge in [0.1, 0.15) is 6.61 Å². The van der Waals surface area contributed by atoms with Gasteiger partial charge in [0.15, 0.2) is 6.29 Å². The second-order valence-corrected chi connectivity index (χ2v) is 11.7. The Kier molecular flexibility index (Phi) is 11.7. The second kappa shape index (κ2) is 16.3. The van der Waals surface area contributed by atoms with E-state index in [4.69, 9.17) is 14.2 Å². The van der Waals surface area contributed by atoms with E-state index >= 15 is 0 Å². The average molecular weight is 622 g/mol. The van der Waals surface area contributed by atoms with Gasteiger partial charge in [-0.05, 0) is 47.0 Å². The number of ether oxygens (including phenoxy) is 3. The van der Waals surface area contributed by atoms with Gasteiger partial charge in [-0.25, -0.2) is 4.79 Å². The lowest BCUT2D eigenvalue weighted by Gasteiger charge is -2.42. The van der Waals surface area contributed by atoms with Crippen molar-refractivity contribution < 1.29 is 24.1 Å². The minimum Gasteiger partial charge on any atom is -0.445 e. The van der Waals surface area contributed by atoms with E-state index in [9.17, 15) is 9.90 Å². The van der Waals surface area contributed by atoms with Gasteiger partial charge < -0.3 is 29.5 Å². The number of aliphatic hydroxyl groups excluding tert-OH is 1. The highest BCUT2D eigenvalue weighted by Crippen LogP contribution is 2.42. The van der Waals surface area contributed by atoms with Gasteiger partial charge in [0.25, 0.3) is 0 Å². The fourth-order valence-corrected chi connectivity index (χ4v) is 5.71. The van der Waals surface area contributed by atoms with Crippen LogP contribution in [0.4, 0.5) is 4.79 Å². The molecule has 2 heterocycles. The summed E-state index contributed by atoms with van der Waals surface area (Å²) in [6.45, 7) is 7.86. The lowest BCUT2D eigenvalue weighted by atomic mass is 9.90. The van der Waals surface area contributed by atoms with E-state index in [1.54, 1.807) is 0 Å². The molecule has 8 heteroatoms. The van der Waals surface area contributed by atoms with Crippen molar-refractivity contribution in [2.75, 3.05) is 26.7 Å². The standard InChI is InChI=1S/C38H43N3O5/c1-4-23-44-38(43)40-24-32-9-5-6-11-34(32)29-16-18-31(19-17-29)37-45-35(25-41(3)22-20-33-10-7-8-21-39-33)27(2)36(46-37)30-14-12-28(26-42)13-15-30/h4-19,21,27,35-37,42H,1,20,22-26H2,2-3H3,(H,40,43). The molecule has 0 spiro atoms. The number of rotatable bonds is 13. The molecule has 1 aromatic heterocycles. The number of likely N-dealkylation sites (N-methyl/N-ethyl adjacent to an activating group) is 1. The van der Waals surface area contributed by atoms with Crippen LogP contribution in [0.25, 0.3) is 11.1 Å². The third-order valence-electron chi connectivity index (χ3n) is 8.36. The number of alkyl carbamates (subject to hydrolysis) is 1. The predicted molar refractivity (Wildman–Crippen MR) is 179 cm³/mol. The van der Waals surface area contributed by atoms with E-state index in [1.807, 2.05) is 79.0 Å². The van der Waals surface area contributed by atoms with Gasteiger partial charge >= 0.3 is 6.09 Å². The Labute approximate surface area is 271 Å². The largest absolute Gasteiger partial charge is 0.445 e. The van der Waals surface area contributed by atoms with Gasteiger partial charge in [0.2, 0.25) is 0 Å². The summed E-state index contributed by atoms with van der Waals surface area (Å²) in [4.78, 5) is 18.8. The van der Waals surface area contributed by atoms with Crippen molar-refractivity contribution in [2.24, 2.45) is 5.92 Å². The predicted octanol–water partition coefficient (Wildman–Crippen LogP) is 6.62. The van der Waals surface area contributed by atoms with Gasteiger partial charge in [0, 0.05) is 49.4 Å². The molecule has 0 aliphatic carbocycles. The number of carbonyl (C=O) groups excluding carboxylic acids is 1. The molecule has 1 aliphatic rings. The number of aliphatic hydroxyl groups is 1. The van der Waals surface area contributed by atoms with Gasteiger partial charge in [-0.1, -0.05) is 98.4 Å². The van der Waals surface area contributed by atoms with Gasteiger partial charge in [-0.15, -0.1) is 0 Å². The topological polar surface area (TPSA) is 93.2 Å². The summed E-state index contributed by atoms with van der Waals surface area (Å²) in [5, 5.41) is 12.4. The van der Waals surface area contributed by atoms with Crippen LogP contribution in [0.15, 0.2) is 110 Å². The number of nitrogens with zero attached hydrogens (tertiary/aromatic N) is 2. The van der Waals surface area contributed by atoms with E-state index in [1.165, 1.54) is 6.08 Å². The van der Waals surface area contributed by atoms with E-state index in [0.29, 0.717) is 6.54 Å². The molecular formula is C38H43N3O5. The van der Waals surface area contributed by atoms with Gasteiger partial charge in [0.05, 0.1) is 18.8 Å². The molecule has 4 unspecified atom stereocenters. The molecule has 4 atom stereocenters. The van der Waals surface area contributed by atoms with Crippen LogP contribution in [0.2, 0.25) is 0 Å². The van der Waals surface area contributed by atoms with Crippen molar-refractivity contribution >= 4 is 6.09 Å². The lowest BCUT2D eigenvalue weighted by molar-refractivity contribution is -0.275. The molecule has 240 valence electrons. The number of carbonyl (C=O) groups is 1. The summed E-state index contributed by atoms with van der Waals surface area (Å²) in [7, 11) is 2.12. The second-order valence-electron chi connectivity index (χ2n) is 11.7. The molecule has 0 bridgehead atoms. The fraction of sp³-hybridized carbons (Fsp3) is 0.316. The van der Waals surface area contributed by atoms with Gasteiger partial charge in [-0.2, -0.15) is 0 Å². The first-order chi connectivity index (χ1) is 22.4. The van der Waals surface area contributed by atoms with Gasteiger partial charge in [-0.3, -0.25) is 4.98 Å². The highest BCUT2D eigenvalue weighted by atomic mass is 16.7. The number of amides is 1. The number of hydrogen-bond acceptors (Lipinski definition) is 7. The summed E-state index contributed by atoms with van der Waals surface area (Å²) >= 11 is 0. The zero-order valence-electron chi connectivity index (χ0n) is 26.5. The van der Waals surface area contributed by atoms with E-state index in [2.05, 4.69) is 54.0 Å². The molecule has 1 saturated heterocycles. The highest BCUT2D eigenvalue weighted by molar-refractivity contribution is 5.70. The molecule has 2 N–H and O–H groups in total. The van der Waals surface area contributed by atoms with Crippen LogP contribution >= 0.6 is 0 Å². The van der Waals surface area contributed by atoms with Crippen molar-refractivity contribution in [3.05, 3.63) is 138 Å². The maximum Gasteiger partial charge on any atom is 0.407 e. The Bertz CT molecular complexity index is 1550. The summed E-state index contributed by atoms with van der Waals surface area (Å²) in [6, 6.07) is 30.2. The molecule has 5 rings (SSSR count). The Hall–Kier alpha value is -4.34. The van der Waals surface area contributed by atoms with Crippen LogP contribution < -0.4 is 5.32 Å². The third-order valence-corrected chi connectivity index (χ3v) is 8.36. The molecule has 0 saturated carbocycles. The monoisotopic (exact) mass is 621 g/mol. The number of aromatic nitrogens is 1. The average Bonchev–Trinajstić information content (AvgIpc) is 3.10. The maximum absolute atomic E-state index is 12.0. The third kappa shape index (κ3) is 8.68. The van der Waals surface area contributed by atoms with Crippen molar-refractivity contribution in [3.8, 4) is 11.1 Å². The Morgan fingerprint density at radius 1 is 1.00 bits per heavy atom. The molecule has 4 aromatic rings. The molecule has 8 nitrogen and oxygen atoms in total. The maximum atomic E-state index is 12.0. The zero-order valence-corrected chi connectivity index (χ0v) is 26.5. The quantitative estimate of drug-likeness (QED) is 0.162. The molecule has 46 heavy (non-hydrogen) atoms. The number of pyridine rings is 1. The zero-order chi connectivity index (χ0) is 32.3. The first-order valence-corrected chi connectivity index (χ1v) is 15.7. The molecule has 1 fully saturated rings. The van der Waals surface area contributed by atoms with Crippen molar-refractivity contribution in [1.29, 1.82) is 0 Å². The Morgan fingerprint density at radius 2 is 1.74 bits per heavy atom. The van der Waals surface area contributed by atoms with Crippen molar-refractivity contribution in [2.45, 2.75) is 45.0 Å². The molecule has 1 amide bonds. The van der Waals surface area contributed by atoms with Crippen molar-refractivity contribution in [3.63, 3.8) is 0 Å². The SMILES string of the molecule is C=CCOC(=O)NCc1ccccc1-c1ccc(C2OC(CN(C)CCc3ccccn3)C(C)C(c3ccc(CO)cc3)O2)cc1. The van der Waals surface area contributed by atoms with E-state index < -0.39 is 12.4 Å².